The lowest BCUT2D eigenvalue weighted by Gasteiger charge is -2.43. The fraction of sp³-hybridized carbons (Fsp3) is 0.452. The van der Waals surface area contributed by atoms with Crippen molar-refractivity contribution < 1.29 is 35.8 Å². The Kier molecular flexibility index (Phi) is 12.0. The molecule has 0 bridgehead atoms. The number of benzene rings is 2. The van der Waals surface area contributed by atoms with E-state index in [1.807, 2.05) is 4.90 Å². The van der Waals surface area contributed by atoms with Crippen LogP contribution in [0.5, 0.6) is 5.75 Å². The highest BCUT2D eigenvalue weighted by atomic mass is 79.9. The Labute approximate surface area is 346 Å². The first-order valence-corrected chi connectivity index (χ1v) is 20.2. The first-order valence-electron chi connectivity index (χ1n) is 19.4. The van der Waals surface area contributed by atoms with Gasteiger partial charge in [-0.05, 0) is 94.9 Å². The number of amidine groups is 2. The van der Waals surface area contributed by atoms with Gasteiger partial charge in [0.05, 0.1) is 41.0 Å². The number of ether oxygens (including phenoxy) is 2. The Hall–Kier alpha value is -4.77. The van der Waals surface area contributed by atoms with E-state index >= 15 is 4.39 Å². The van der Waals surface area contributed by atoms with Crippen molar-refractivity contribution in [2.24, 2.45) is 16.9 Å². The van der Waals surface area contributed by atoms with E-state index in [9.17, 15) is 22.0 Å². The molecule has 2 fully saturated rings. The van der Waals surface area contributed by atoms with E-state index in [1.165, 1.54) is 7.11 Å². The normalized spacial score (nSPS) is 21.8. The Bertz CT molecular complexity index is 2140. The molecule has 4 aromatic rings. The number of piperidine rings is 1. The molecule has 1 aliphatic heterocycles. The molecule has 0 spiro atoms. The van der Waals surface area contributed by atoms with Crippen molar-refractivity contribution in [2.75, 3.05) is 25.1 Å². The summed E-state index contributed by atoms with van der Waals surface area (Å²) in [6.45, 7) is 0.949. The minimum absolute atomic E-state index is 0.00470. The van der Waals surface area contributed by atoms with E-state index in [2.05, 4.69) is 25.9 Å². The number of fused-ring (bicyclic) bond motifs is 1. The van der Waals surface area contributed by atoms with E-state index in [1.54, 1.807) is 36.7 Å². The molecular weight excluding hydrogens is 842 g/mol. The average molecular weight is 888 g/mol. The summed E-state index contributed by atoms with van der Waals surface area (Å²) in [5.74, 6) is -3.55. The molecule has 2 aromatic carbocycles. The molecule has 2 unspecified atom stereocenters. The van der Waals surface area contributed by atoms with Gasteiger partial charge in [-0.15, -0.1) is 0 Å². The largest absolute Gasteiger partial charge is 0.497 e. The summed E-state index contributed by atoms with van der Waals surface area (Å²) in [5, 5.41) is 17.4. The number of methoxy groups -OCH3 is 1. The van der Waals surface area contributed by atoms with Gasteiger partial charge in [-0.25, -0.2) is 23.1 Å². The number of nitrogens with two attached hydrogens (primary N) is 2. The number of nitrogens with one attached hydrogen (secondary N) is 2. The third-order valence-electron chi connectivity index (χ3n) is 12.1. The molecule has 7 rings (SSSR count). The van der Waals surface area contributed by atoms with Crippen LogP contribution >= 0.6 is 15.9 Å². The monoisotopic (exact) mass is 886 g/mol. The molecule has 3 heterocycles. The first-order chi connectivity index (χ1) is 28.0. The van der Waals surface area contributed by atoms with Crippen molar-refractivity contribution in [2.45, 2.75) is 94.2 Å². The van der Waals surface area contributed by atoms with Crippen LogP contribution in [-0.2, 0) is 23.9 Å². The Morgan fingerprint density at radius 2 is 1.53 bits per heavy atom. The van der Waals surface area contributed by atoms with Crippen LogP contribution in [0.2, 0.25) is 0 Å². The summed E-state index contributed by atoms with van der Waals surface area (Å²) in [6.07, 6.45) is -4.50. The highest BCUT2D eigenvalue weighted by Crippen LogP contribution is 2.53. The van der Waals surface area contributed by atoms with Crippen LogP contribution < -0.4 is 21.1 Å². The molecule has 314 valence electrons. The van der Waals surface area contributed by atoms with E-state index < -0.39 is 54.1 Å². The van der Waals surface area contributed by atoms with Crippen LogP contribution in [0.4, 0.5) is 32.3 Å². The number of rotatable bonds is 11. The van der Waals surface area contributed by atoms with E-state index in [4.69, 9.17) is 36.7 Å². The van der Waals surface area contributed by atoms with Crippen molar-refractivity contribution in [1.29, 1.82) is 10.8 Å². The van der Waals surface area contributed by atoms with E-state index in [-0.39, 0.29) is 61.0 Å². The number of aromatic nitrogens is 3. The van der Waals surface area contributed by atoms with Crippen LogP contribution in [0.15, 0.2) is 65.4 Å². The number of anilines is 1. The molecule has 3 aliphatic rings. The maximum atomic E-state index is 17.8. The lowest BCUT2D eigenvalue weighted by molar-refractivity contribution is -0.137. The van der Waals surface area contributed by atoms with Crippen molar-refractivity contribution in [3.05, 3.63) is 110 Å². The zero-order chi connectivity index (χ0) is 42.3. The van der Waals surface area contributed by atoms with Crippen LogP contribution in [0, 0.1) is 16.2 Å². The van der Waals surface area contributed by atoms with Crippen LogP contribution in [0.1, 0.15) is 114 Å². The van der Waals surface area contributed by atoms with Gasteiger partial charge in [0.2, 0.25) is 11.9 Å². The minimum Gasteiger partial charge on any atom is -0.497 e. The standard InChI is InChI=1S/C42H45BrF6N8O2/c1-58-29-8-2-23(3-9-29)22-59-31-19-40(37(50)51,38(52)53)18-30-33(31)32(24-10-14-41(45,46)15-11-24)34(35(44)25-4-6-27(7-5-25)42(47,48)49)36(56-30)26-12-16-57(17-13-26)39-54-20-28(43)21-55-39/h2-9,20-21,24,26,31,35H,10-19,22H2,1H3,(H3,50,51)(H3,52,53). The average Bonchev–Trinajstić information content (AvgIpc) is 3.22. The molecule has 2 aromatic heterocycles. The minimum atomic E-state index is -4.65. The Morgan fingerprint density at radius 1 is 0.915 bits per heavy atom. The van der Waals surface area contributed by atoms with Gasteiger partial charge in [0.25, 0.3) is 0 Å². The molecular formula is C42H45BrF6N8O2. The molecule has 2 atom stereocenters. The molecule has 0 radical (unpaired) electrons. The maximum Gasteiger partial charge on any atom is 0.416 e. The van der Waals surface area contributed by atoms with Crippen LogP contribution in [0.3, 0.4) is 0 Å². The first kappa shape index (κ1) is 42.4. The molecule has 1 saturated heterocycles. The van der Waals surface area contributed by atoms with Crippen molar-refractivity contribution in [3.8, 4) is 5.75 Å². The van der Waals surface area contributed by atoms with Crippen LogP contribution in [0.25, 0.3) is 0 Å². The quantitative estimate of drug-likeness (QED) is 0.0659. The van der Waals surface area contributed by atoms with Gasteiger partial charge in [-0.2, -0.15) is 13.2 Å². The second kappa shape index (κ2) is 16.7. The molecule has 2 aliphatic carbocycles. The van der Waals surface area contributed by atoms with Gasteiger partial charge in [0.1, 0.15) is 17.4 Å². The van der Waals surface area contributed by atoms with Gasteiger partial charge in [0, 0.05) is 67.5 Å². The summed E-state index contributed by atoms with van der Waals surface area (Å²) in [4.78, 5) is 16.0. The number of hydrogen-bond donors (Lipinski definition) is 4. The second-order valence-electron chi connectivity index (χ2n) is 15.7. The smallest absolute Gasteiger partial charge is 0.416 e. The number of hydrogen-bond acceptors (Lipinski definition) is 8. The lowest BCUT2D eigenvalue weighted by atomic mass is 9.66. The predicted octanol–water partition coefficient (Wildman–Crippen LogP) is 9.46. The molecule has 59 heavy (non-hydrogen) atoms. The van der Waals surface area contributed by atoms with Crippen LogP contribution in [-0.4, -0.2) is 52.7 Å². The highest BCUT2D eigenvalue weighted by molar-refractivity contribution is 9.10. The van der Waals surface area contributed by atoms with Crippen molar-refractivity contribution >= 4 is 33.5 Å². The van der Waals surface area contributed by atoms with Crippen molar-refractivity contribution in [1.82, 2.24) is 15.0 Å². The number of pyridine rings is 1. The van der Waals surface area contributed by atoms with Gasteiger partial charge < -0.3 is 25.8 Å². The summed E-state index contributed by atoms with van der Waals surface area (Å²) < 4.78 is 101. The molecule has 10 nitrogen and oxygen atoms in total. The number of halogens is 7. The number of nitrogens with zero attached hydrogens (tertiary/aromatic N) is 4. The highest BCUT2D eigenvalue weighted by Gasteiger charge is 2.50. The Balaban J connectivity index is 1.42. The third-order valence-corrected chi connectivity index (χ3v) is 12.5. The zero-order valence-electron chi connectivity index (χ0n) is 32.3. The third kappa shape index (κ3) is 8.77. The summed E-state index contributed by atoms with van der Waals surface area (Å²) >= 11 is 3.36. The van der Waals surface area contributed by atoms with E-state index in [0.717, 1.165) is 29.8 Å². The van der Waals surface area contributed by atoms with Crippen molar-refractivity contribution in [3.63, 3.8) is 0 Å². The summed E-state index contributed by atoms with van der Waals surface area (Å²) in [6, 6.07) is 11.0. The van der Waals surface area contributed by atoms with Gasteiger partial charge in [-0.1, -0.05) is 24.3 Å². The molecule has 1 saturated carbocycles. The van der Waals surface area contributed by atoms with Gasteiger partial charge in [0.15, 0.2) is 6.17 Å². The topological polar surface area (TPSA) is 160 Å². The lowest BCUT2D eigenvalue weighted by Crippen LogP contribution is -2.52. The maximum absolute atomic E-state index is 17.8. The van der Waals surface area contributed by atoms with Gasteiger partial charge in [-0.3, -0.25) is 15.8 Å². The van der Waals surface area contributed by atoms with E-state index in [0.29, 0.717) is 64.6 Å². The molecule has 6 N–H and O–H groups in total. The second-order valence-corrected chi connectivity index (χ2v) is 16.6. The zero-order valence-corrected chi connectivity index (χ0v) is 33.9. The summed E-state index contributed by atoms with van der Waals surface area (Å²) in [5.41, 5.74) is 12.5. The SMILES string of the molecule is COc1ccc(COC2CC(C(=N)N)(C(=N)N)Cc3nc(C4CCN(c5ncc(Br)cn5)CC4)c(C(F)c4ccc(C(F)(F)F)cc4)c(C4CCC(F)(F)CC4)c32)cc1. The van der Waals surface area contributed by atoms with Gasteiger partial charge >= 0.3 is 6.18 Å². The number of alkyl halides is 6. The molecule has 0 amide bonds. The fourth-order valence-electron chi connectivity index (χ4n) is 8.77. The summed E-state index contributed by atoms with van der Waals surface area (Å²) in [7, 11) is 1.54. The Morgan fingerprint density at radius 3 is 2.08 bits per heavy atom. The fourth-order valence-corrected chi connectivity index (χ4v) is 8.97. The molecule has 17 heteroatoms. The predicted molar refractivity (Wildman–Crippen MR) is 214 cm³/mol.